The highest BCUT2D eigenvalue weighted by molar-refractivity contribution is 14.0. The SMILES string of the molecule is CCNC(=NCCc1c[nH]c2ccccc12)NC(C)CCCN(CC)CC.I. The predicted molar refractivity (Wildman–Crippen MR) is 133 cm³/mol. The molecular weight excluding hydrogens is 461 g/mol. The predicted octanol–water partition coefficient (Wildman–Crippen LogP) is 4.39. The molecule has 0 fully saturated rings. The van der Waals surface area contributed by atoms with E-state index in [1.165, 1.54) is 29.4 Å². The molecule has 0 radical (unpaired) electrons. The van der Waals surface area contributed by atoms with E-state index in [1.807, 2.05) is 0 Å². The summed E-state index contributed by atoms with van der Waals surface area (Å²) in [5.41, 5.74) is 2.53. The van der Waals surface area contributed by atoms with Crippen LogP contribution in [0, 0.1) is 0 Å². The second kappa shape index (κ2) is 13.8. The number of aliphatic imine (C=N–C) groups is 1. The van der Waals surface area contributed by atoms with Crippen molar-refractivity contribution < 1.29 is 0 Å². The topological polar surface area (TPSA) is 55.5 Å². The number of fused-ring (bicyclic) bond motifs is 1. The lowest BCUT2D eigenvalue weighted by Gasteiger charge is -2.21. The van der Waals surface area contributed by atoms with E-state index in [9.17, 15) is 0 Å². The Hall–Kier alpha value is -1.28. The molecule has 0 aliphatic carbocycles. The third-order valence-electron chi connectivity index (χ3n) is 5.06. The molecule has 28 heavy (non-hydrogen) atoms. The quantitative estimate of drug-likeness (QED) is 0.244. The number of rotatable bonds is 11. The zero-order valence-corrected chi connectivity index (χ0v) is 20.3. The molecule has 2 aromatic rings. The number of hydrogen-bond donors (Lipinski definition) is 3. The summed E-state index contributed by atoms with van der Waals surface area (Å²) in [4.78, 5) is 10.6. The minimum absolute atomic E-state index is 0. The van der Waals surface area contributed by atoms with Gasteiger partial charge in [0.2, 0.25) is 0 Å². The first kappa shape index (κ1) is 24.8. The van der Waals surface area contributed by atoms with Crippen LogP contribution < -0.4 is 10.6 Å². The Kier molecular flexibility index (Phi) is 12.2. The molecule has 1 heterocycles. The molecule has 0 saturated heterocycles. The Balaban J connectivity index is 0.00000392. The Morgan fingerprint density at radius 2 is 1.93 bits per heavy atom. The van der Waals surface area contributed by atoms with Crippen LogP contribution in [0.4, 0.5) is 0 Å². The fourth-order valence-corrected chi connectivity index (χ4v) is 3.41. The monoisotopic (exact) mass is 499 g/mol. The van der Waals surface area contributed by atoms with Crippen molar-refractivity contribution in [3.05, 3.63) is 36.0 Å². The second-order valence-corrected chi connectivity index (χ2v) is 7.08. The molecule has 6 heteroatoms. The number of halogens is 1. The first-order chi connectivity index (χ1) is 13.2. The van der Waals surface area contributed by atoms with E-state index in [1.54, 1.807) is 0 Å². The number of nitrogens with zero attached hydrogens (tertiary/aromatic N) is 2. The van der Waals surface area contributed by atoms with E-state index in [2.05, 4.69) is 78.7 Å². The molecule has 1 aromatic heterocycles. The minimum atomic E-state index is 0. The summed E-state index contributed by atoms with van der Waals surface area (Å²) < 4.78 is 0. The zero-order chi connectivity index (χ0) is 19.5. The van der Waals surface area contributed by atoms with Crippen LogP contribution in [0.25, 0.3) is 10.9 Å². The maximum Gasteiger partial charge on any atom is 0.191 e. The summed E-state index contributed by atoms with van der Waals surface area (Å²) in [5, 5.41) is 8.23. The van der Waals surface area contributed by atoms with Gasteiger partial charge in [0.25, 0.3) is 0 Å². The summed E-state index contributed by atoms with van der Waals surface area (Å²) in [6.45, 7) is 13.9. The minimum Gasteiger partial charge on any atom is -0.361 e. The number of benzene rings is 1. The summed E-state index contributed by atoms with van der Waals surface area (Å²) in [6, 6.07) is 8.87. The summed E-state index contributed by atoms with van der Waals surface area (Å²) >= 11 is 0. The first-order valence-electron chi connectivity index (χ1n) is 10.5. The maximum absolute atomic E-state index is 4.78. The Bertz CT molecular complexity index is 693. The summed E-state index contributed by atoms with van der Waals surface area (Å²) in [6.07, 6.45) is 5.42. The zero-order valence-electron chi connectivity index (χ0n) is 17.9. The smallest absolute Gasteiger partial charge is 0.191 e. The van der Waals surface area contributed by atoms with Crippen molar-refractivity contribution in [1.29, 1.82) is 0 Å². The highest BCUT2D eigenvalue weighted by Gasteiger charge is 2.07. The highest BCUT2D eigenvalue weighted by Crippen LogP contribution is 2.17. The number of para-hydroxylation sites is 1. The van der Waals surface area contributed by atoms with E-state index < -0.39 is 0 Å². The molecule has 5 nitrogen and oxygen atoms in total. The standard InChI is InChI=1S/C22H37N5.HI/c1-5-23-22(26-18(4)11-10-16-27(6-2)7-3)24-15-14-19-17-25-21-13-9-8-12-20(19)21;/h8-9,12-13,17-18,25H,5-7,10-11,14-16H2,1-4H3,(H2,23,24,26);1H. The number of guanidine groups is 1. The van der Waals surface area contributed by atoms with E-state index in [0.29, 0.717) is 6.04 Å². The molecule has 0 aliphatic heterocycles. The lowest BCUT2D eigenvalue weighted by atomic mass is 10.1. The van der Waals surface area contributed by atoms with E-state index >= 15 is 0 Å². The molecule has 3 N–H and O–H groups in total. The third-order valence-corrected chi connectivity index (χ3v) is 5.06. The molecule has 0 bridgehead atoms. The lowest BCUT2D eigenvalue weighted by molar-refractivity contribution is 0.292. The van der Waals surface area contributed by atoms with Gasteiger partial charge in [-0.2, -0.15) is 0 Å². The van der Waals surface area contributed by atoms with Crippen molar-refractivity contribution in [2.24, 2.45) is 4.99 Å². The van der Waals surface area contributed by atoms with Gasteiger partial charge in [-0.05, 0) is 64.4 Å². The van der Waals surface area contributed by atoms with E-state index in [0.717, 1.165) is 45.0 Å². The molecule has 0 spiro atoms. The average Bonchev–Trinajstić information content (AvgIpc) is 3.09. The molecule has 0 aliphatic rings. The van der Waals surface area contributed by atoms with Crippen molar-refractivity contribution in [3.8, 4) is 0 Å². The van der Waals surface area contributed by atoms with Crippen molar-refractivity contribution in [1.82, 2.24) is 20.5 Å². The van der Waals surface area contributed by atoms with Crippen LogP contribution >= 0.6 is 24.0 Å². The van der Waals surface area contributed by atoms with Gasteiger partial charge in [0.05, 0.1) is 0 Å². The molecule has 1 unspecified atom stereocenters. The van der Waals surface area contributed by atoms with Crippen molar-refractivity contribution >= 4 is 40.8 Å². The number of nitrogens with one attached hydrogen (secondary N) is 3. The highest BCUT2D eigenvalue weighted by atomic mass is 127. The van der Waals surface area contributed by atoms with Gasteiger partial charge in [-0.3, -0.25) is 4.99 Å². The van der Waals surface area contributed by atoms with Crippen LogP contribution in [-0.4, -0.2) is 54.6 Å². The van der Waals surface area contributed by atoms with Gasteiger partial charge < -0.3 is 20.5 Å². The van der Waals surface area contributed by atoms with Crippen LogP contribution in [0.5, 0.6) is 0 Å². The summed E-state index contributed by atoms with van der Waals surface area (Å²) in [5.74, 6) is 0.924. The maximum atomic E-state index is 4.78. The fourth-order valence-electron chi connectivity index (χ4n) is 3.41. The van der Waals surface area contributed by atoms with Crippen molar-refractivity contribution in [2.75, 3.05) is 32.7 Å². The normalized spacial score (nSPS) is 12.8. The Labute approximate surface area is 187 Å². The molecule has 2 rings (SSSR count). The molecule has 0 saturated carbocycles. The van der Waals surface area contributed by atoms with Crippen molar-refractivity contribution in [2.45, 2.75) is 53.0 Å². The van der Waals surface area contributed by atoms with Gasteiger partial charge in [-0.25, -0.2) is 0 Å². The van der Waals surface area contributed by atoms with Crippen LogP contribution in [0.3, 0.4) is 0 Å². The van der Waals surface area contributed by atoms with Gasteiger partial charge in [0, 0.05) is 36.2 Å². The number of hydrogen-bond acceptors (Lipinski definition) is 2. The molecule has 1 atom stereocenters. The number of aromatic nitrogens is 1. The summed E-state index contributed by atoms with van der Waals surface area (Å²) in [7, 11) is 0. The largest absolute Gasteiger partial charge is 0.361 e. The van der Waals surface area contributed by atoms with Gasteiger partial charge in [0.1, 0.15) is 0 Å². The van der Waals surface area contributed by atoms with Gasteiger partial charge in [-0.1, -0.05) is 32.0 Å². The van der Waals surface area contributed by atoms with Crippen LogP contribution in [-0.2, 0) is 6.42 Å². The Morgan fingerprint density at radius 3 is 2.64 bits per heavy atom. The average molecular weight is 499 g/mol. The van der Waals surface area contributed by atoms with E-state index in [4.69, 9.17) is 4.99 Å². The van der Waals surface area contributed by atoms with Gasteiger partial charge in [0.15, 0.2) is 5.96 Å². The number of H-pyrrole nitrogens is 1. The Morgan fingerprint density at radius 1 is 1.18 bits per heavy atom. The van der Waals surface area contributed by atoms with E-state index in [-0.39, 0.29) is 24.0 Å². The molecule has 1 aromatic carbocycles. The number of aromatic amines is 1. The molecular formula is C22H38IN5. The van der Waals surface area contributed by atoms with Gasteiger partial charge in [-0.15, -0.1) is 24.0 Å². The molecule has 0 amide bonds. The second-order valence-electron chi connectivity index (χ2n) is 7.08. The third kappa shape index (κ3) is 7.99. The van der Waals surface area contributed by atoms with Crippen LogP contribution in [0.1, 0.15) is 46.1 Å². The molecule has 158 valence electrons. The fraction of sp³-hybridized carbons (Fsp3) is 0.591. The lowest BCUT2D eigenvalue weighted by Crippen LogP contribution is -2.42. The van der Waals surface area contributed by atoms with Crippen LogP contribution in [0.2, 0.25) is 0 Å². The van der Waals surface area contributed by atoms with Gasteiger partial charge >= 0.3 is 0 Å². The van der Waals surface area contributed by atoms with Crippen molar-refractivity contribution in [3.63, 3.8) is 0 Å². The van der Waals surface area contributed by atoms with Crippen LogP contribution in [0.15, 0.2) is 35.5 Å². The first-order valence-corrected chi connectivity index (χ1v) is 10.5.